The average molecular weight is 381 g/mol. The van der Waals surface area contributed by atoms with Gasteiger partial charge in [-0.05, 0) is 48.4 Å². The molecule has 0 spiro atoms. The van der Waals surface area contributed by atoms with Crippen LogP contribution in [0.3, 0.4) is 0 Å². The van der Waals surface area contributed by atoms with Gasteiger partial charge in [0.05, 0.1) is 27.0 Å². The van der Waals surface area contributed by atoms with Gasteiger partial charge in [0.2, 0.25) is 0 Å². The fourth-order valence-electron chi connectivity index (χ4n) is 3.83. The molecule has 4 rings (SSSR count). The predicted octanol–water partition coefficient (Wildman–Crippen LogP) is 2.99. The van der Waals surface area contributed by atoms with Crippen LogP contribution >= 0.6 is 0 Å². The van der Waals surface area contributed by atoms with E-state index in [4.69, 9.17) is 14.2 Å². The Labute approximate surface area is 164 Å². The van der Waals surface area contributed by atoms with Gasteiger partial charge in [-0.15, -0.1) is 5.10 Å². The Kier molecular flexibility index (Phi) is 4.58. The number of hydrogen-bond donors (Lipinski definition) is 0. The highest BCUT2D eigenvalue weighted by atomic mass is 16.5. The Hall–Kier alpha value is -3.22. The van der Waals surface area contributed by atoms with Crippen molar-refractivity contribution in [1.82, 2.24) is 4.90 Å². The summed E-state index contributed by atoms with van der Waals surface area (Å²) >= 11 is 0. The molecule has 7 heteroatoms. The van der Waals surface area contributed by atoms with Crippen molar-refractivity contribution in [2.75, 3.05) is 32.9 Å². The first-order valence-corrected chi connectivity index (χ1v) is 9.11. The van der Waals surface area contributed by atoms with Crippen LogP contribution in [-0.4, -0.2) is 44.4 Å². The minimum atomic E-state index is -0.212. The molecule has 0 fully saturated rings. The van der Waals surface area contributed by atoms with Gasteiger partial charge in [0, 0.05) is 19.0 Å². The molecule has 0 saturated carbocycles. The third-order valence-electron chi connectivity index (χ3n) is 5.20. The fraction of sp³-hybridized carbons (Fsp3) is 0.333. The van der Waals surface area contributed by atoms with E-state index in [1.807, 2.05) is 41.4 Å². The number of rotatable bonds is 5. The van der Waals surface area contributed by atoms with Gasteiger partial charge in [0.15, 0.2) is 29.3 Å². The van der Waals surface area contributed by atoms with Crippen molar-refractivity contribution in [1.29, 1.82) is 0 Å². The zero-order valence-electron chi connectivity index (χ0n) is 16.4. The third kappa shape index (κ3) is 2.83. The van der Waals surface area contributed by atoms with E-state index in [1.54, 1.807) is 28.3 Å². The number of Topliss-reactive ketones (excluding diaryl/α,β-unsaturated/α-hetero) is 1. The molecule has 1 unspecified atom stereocenters. The van der Waals surface area contributed by atoms with Gasteiger partial charge in [0.1, 0.15) is 5.75 Å². The minimum Gasteiger partial charge on any atom is -0.497 e. The van der Waals surface area contributed by atoms with Crippen LogP contribution < -0.4 is 19.2 Å². The molecule has 0 aromatic heterocycles. The molecule has 0 radical (unpaired) electrons. The highest BCUT2D eigenvalue weighted by Crippen LogP contribution is 2.44. The summed E-state index contributed by atoms with van der Waals surface area (Å²) in [7, 11) is 4.89. The lowest BCUT2D eigenvalue weighted by atomic mass is 9.95. The number of anilines is 1. The largest absolute Gasteiger partial charge is 0.497 e. The standard InChI is InChI=1S/C21H23N3O4/c1-13(25)20-22-24(15-5-7-16(26-2)8-6-15)21-17-12-19(28-4)18(27-3)11-14(17)9-10-23(20)21/h5-8,11-12,21H,9-10H2,1-4H3. The van der Waals surface area contributed by atoms with Crippen LogP contribution in [-0.2, 0) is 11.2 Å². The lowest BCUT2D eigenvalue weighted by Gasteiger charge is -2.37. The lowest BCUT2D eigenvalue weighted by molar-refractivity contribution is -0.111. The monoisotopic (exact) mass is 381 g/mol. The van der Waals surface area contributed by atoms with Gasteiger partial charge in [-0.3, -0.25) is 4.79 Å². The smallest absolute Gasteiger partial charge is 0.196 e. The van der Waals surface area contributed by atoms with E-state index >= 15 is 0 Å². The molecule has 2 aliphatic rings. The molecule has 0 aliphatic carbocycles. The first-order valence-electron chi connectivity index (χ1n) is 9.11. The maximum absolute atomic E-state index is 12.2. The van der Waals surface area contributed by atoms with Crippen molar-refractivity contribution in [3.8, 4) is 17.2 Å². The predicted molar refractivity (Wildman–Crippen MR) is 106 cm³/mol. The van der Waals surface area contributed by atoms with E-state index in [2.05, 4.69) is 10.0 Å². The van der Waals surface area contributed by atoms with Crippen molar-refractivity contribution in [2.45, 2.75) is 19.5 Å². The number of carbonyl (C=O) groups is 1. The number of amidine groups is 1. The van der Waals surface area contributed by atoms with Gasteiger partial charge in [-0.25, -0.2) is 5.01 Å². The summed E-state index contributed by atoms with van der Waals surface area (Å²) in [5, 5.41) is 6.56. The van der Waals surface area contributed by atoms with Crippen LogP contribution in [0.2, 0.25) is 0 Å². The number of methoxy groups -OCH3 is 3. The first kappa shape index (κ1) is 18.2. The molecular weight excluding hydrogens is 358 g/mol. The number of hydrogen-bond acceptors (Lipinski definition) is 7. The minimum absolute atomic E-state index is 0.0510. The van der Waals surface area contributed by atoms with Crippen LogP contribution in [0.15, 0.2) is 41.5 Å². The molecule has 2 aliphatic heterocycles. The number of nitrogens with zero attached hydrogens (tertiary/aromatic N) is 3. The highest BCUT2D eigenvalue weighted by Gasteiger charge is 2.41. The van der Waals surface area contributed by atoms with E-state index in [-0.39, 0.29) is 11.9 Å². The van der Waals surface area contributed by atoms with Crippen molar-refractivity contribution in [3.05, 3.63) is 47.5 Å². The summed E-state index contributed by atoms with van der Waals surface area (Å²) in [4.78, 5) is 14.3. The number of fused-ring (bicyclic) bond motifs is 3. The van der Waals surface area contributed by atoms with Gasteiger partial charge < -0.3 is 19.1 Å². The second-order valence-electron chi connectivity index (χ2n) is 6.75. The van der Waals surface area contributed by atoms with Gasteiger partial charge in [-0.1, -0.05) is 0 Å². The number of hydrazone groups is 1. The molecule has 1 atom stereocenters. The third-order valence-corrected chi connectivity index (χ3v) is 5.20. The number of ether oxygens (including phenoxy) is 3. The Balaban J connectivity index is 1.83. The van der Waals surface area contributed by atoms with Crippen LogP contribution in [0.4, 0.5) is 5.69 Å². The topological polar surface area (TPSA) is 63.6 Å². The number of ketones is 1. The highest BCUT2D eigenvalue weighted by molar-refractivity contribution is 6.38. The van der Waals surface area contributed by atoms with E-state index in [0.717, 1.165) is 29.0 Å². The molecule has 7 nitrogen and oxygen atoms in total. The molecule has 0 saturated heterocycles. The molecule has 146 valence electrons. The molecule has 2 aromatic carbocycles. The summed E-state index contributed by atoms with van der Waals surface area (Å²) in [6.07, 6.45) is 0.588. The van der Waals surface area contributed by atoms with E-state index < -0.39 is 0 Å². The van der Waals surface area contributed by atoms with Crippen LogP contribution in [0.5, 0.6) is 17.2 Å². The van der Waals surface area contributed by atoms with E-state index in [9.17, 15) is 4.79 Å². The van der Waals surface area contributed by atoms with Gasteiger partial charge in [-0.2, -0.15) is 0 Å². The second kappa shape index (κ2) is 7.07. The molecule has 0 N–H and O–H groups in total. The maximum Gasteiger partial charge on any atom is 0.196 e. The summed E-state index contributed by atoms with van der Waals surface area (Å²) in [5.41, 5.74) is 3.10. The van der Waals surface area contributed by atoms with Crippen molar-refractivity contribution >= 4 is 17.3 Å². The van der Waals surface area contributed by atoms with Crippen molar-refractivity contribution in [3.63, 3.8) is 0 Å². The molecule has 28 heavy (non-hydrogen) atoms. The molecule has 0 amide bonds. The molecule has 2 aromatic rings. The summed E-state index contributed by atoms with van der Waals surface area (Å²) < 4.78 is 16.2. The van der Waals surface area contributed by atoms with Gasteiger partial charge in [0.25, 0.3) is 0 Å². The second-order valence-corrected chi connectivity index (χ2v) is 6.75. The SMILES string of the molecule is COc1ccc(N2N=C(C(C)=O)N3CCc4cc(OC)c(OC)cc4C32)cc1. The molecular formula is C21H23N3O4. The number of carbonyl (C=O) groups excluding carboxylic acids is 1. The van der Waals surface area contributed by atoms with Crippen molar-refractivity contribution < 1.29 is 19.0 Å². The van der Waals surface area contributed by atoms with E-state index in [0.29, 0.717) is 23.9 Å². The van der Waals surface area contributed by atoms with Gasteiger partial charge >= 0.3 is 0 Å². The van der Waals surface area contributed by atoms with Crippen LogP contribution in [0.25, 0.3) is 0 Å². The molecule has 2 heterocycles. The maximum atomic E-state index is 12.2. The van der Waals surface area contributed by atoms with E-state index in [1.165, 1.54) is 0 Å². The van der Waals surface area contributed by atoms with Crippen LogP contribution in [0, 0.1) is 0 Å². The summed E-state index contributed by atoms with van der Waals surface area (Å²) in [5.74, 6) is 2.56. The Morgan fingerprint density at radius 1 is 1.04 bits per heavy atom. The summed E-state index contributed by atoms with van der Waals surface area (Å²) in [6.45, 7) is 2.26. The number of benzene rings is 2. The fourth-order valence-corrected chi connectivity index (χ4v) is 3.83. The van der Waals surface area contributed by atoms with Crippen molar-refractivity contribution in [2.24, 2.45) is 5.10 Å². The normalized spacial score (nSPS) is 17.6. The quantitative estimate of drug-likeness (QED) is 0.793. The Bertz CT molecular complexity index is 939. The first-order chi connectivity index (χ1) is 13.6. The summed E-state index contributed by atoms with van der Waals surface area (Å²) in [6, 6.07) is 11.7. The zero-order valence-corrected chi connectivity index (χ0v) is 16.4. The lowest BCUT2D eigenvalue weighted by Crippen LogP contribution is -2.42. The Morgan fingerprint density at radius 2 is 1.71 bits per heavy atom. The van der Waals surface area contributed by atoms with Crippen LogP contribution in [0.1, 0.15) is 24.2 Å². The molecule has 0 bridgehead atoms. The average Bonchev–Trinajstić information content (AvgIpc) is 3.13. The Morgan fingerprint density at radius 3 is 2.32 bits per heavy atom. The zero-order chi connectivity index (χ0) is 19.8.